The van der Waals surface area contributed by atoms with Gasteiger partial charge in [0.2, 0.25) is 0 Å². The van der Waals surface area contributed by atoms with Crippen molar-refractivity contribution in [3.63, 3.8) is 0 Å². The topological polar surface area (TPSA) is 83.0 Å². The molecule has 0 amide bonds. The Morgan fingerprint density at radius 1 is 1.15 bits per heavy atom. The summed E-state index contributed by atoms with van der Waals surface area (Å²) in [6.45, 7) is 1.63. The van der Waals surface area contributed by atoms with E-state index in [0.717, 1.165) is 27.7 Å². The molecular weight excluding hydrogens is 348 g/mol. The molecule has 0 spiro atoms. The van der Waals surface area contributed by atoms with Crippen LogP contribution in [0.3, 0.4) is 0 Å². The highest BCUT2D eigenvalue weighted by Gasteiger charge is 2.18. The van der Waals surface area contributed by atoms with Crippen LogP contribution in [0.15, 0.2) is 47.3 Å². The summed E-state index contributed by atoms with van der Waals surface area (Å²) in [6, 6.07) is 14.2. The van der Waals surface area contributed by atoms with Crippen LogP contribution < -0.4 is 5.56 Å². The highest BCUT2D eigenvalue weighted by molar-refractivity contribution is 7.20. The number of nitrogens with one attached hydrogen (secondary N) is 1. The molecule has 0 fully saturated rings. The predicted molar refractivity (Wildman–Crippen MR) is 105 cm³/mol. The summed E-state index contributed by atoms with van der Waals surface area (Å²) in [4.78, 5) is 31.3. The van der Waals surface area contributed by atoms with Crippen molar-refractivity contribution in [3.8, 4) is 0 Å². The molecular formula is C20H14N2O3S. The molecule has 4 aromatic rings. The van der Waals surface area contributed by atoms with Crippen LogP contribution in [0.1, 0.15) is 26.6 Å². The number of aromatic carboxylic acids is 1. The smallest absolute Gasteiger partial charge is 0.346 e. The number of aromatic amines is 1. The Balaban J connectivity index is 1.75. The van der Waals surface area contributed by atoms with Crippen molar-refractivity contribution < 1.29 is 9.90 Å². The van der Waals surface area contributed by atoms with E-state index in [1.165, 1.54) is 0 Å². The second-order valence-corrected chi connectivity index (χ2v) is 6.93. The van der Waals surface area contributed by atoms with Crippen LogP contribution in [-0.2, 0) is 0 Å². The first-order valence-corrected chi connectivity index (χ1v) is 8.78. The zero-order valence-electron chi connectivity index (χ0n) is 13.8. The van der Waals surface area contributed by atoms with Crippen LogP contribution in [0.25, 0.3) is 33.1 Å². The zero-order valence-corrected chi connectivity index (χ0v) is 14.6. The minimum absolute atomic E-state index is 0.147. The number of nitrogens with zero attached hydrogens (tertiary/aromatic N) is 1. The van der Waals surface area contributed by atoms with E-state index in [-0.39, 0.29) is 10.4 Å². The Labute approximate surface area is 152 Å². The van der Waals surface area contributed by atoms with Crippen molar-refractivity contribution in [2.24, 2.45) is 0 Å². The molecule has 0 atom stereocenters. The quantitative estimate of drug-likeness (QED) is 0.569. The molecule has 2 heterocycles. The molecule has 0 radical (unpaired) electrons. The number of hydrogen-bond acceptors (Lipinski definition) is 4. The maximum absolute atomic E-state index is 12.3. The summed E-state index contributed by atoms with van der Waals surface area (Å²) in [5.41, 5.74) is 1.12. The SMILES string of the molecule is Cc1c(C(=O)O)sc2nc(/C=C/c3ccc4ccccc4c3)[nH]c(=O)c12. The second kappa shape index (κ2) is 6.24. The molecule has 0 aliphatic carbocycles. The summed E-state index contributed by atoms with van der Waals surface area (Å²) in [5.74, 6) is -0.646. The van der Waals surface area contributed by atoms with Crippen LogP contribution >= 0.6 is 11.3 Å². The molecule has 26 heavy (non-hydrogen) atoms. The molecule has 0 aliphatic heterocycles. The maximum Gasteiger partial charge on any atom is 0.346 e. The summed E-state index contributed by atoms with van der Waals surface area (Å²) in [7, 11) is 0. The standard InChI is InChI=1S/C20H14N2O3S/c1-11-16-18(23)21-15(22-19(16)26-17(11)20(24)25)9-7-12-6-8-13-4-2-3-5-14(13)10-12/h2-10H,1H3,(H,24,25)(H,21,22,23)/b9-7+. The fourth-order valence-electron chi connectivity index (χ4n) is 2.93. The number of carboxylic acid groups (broad SMARTS) is 1. The lowest BCUT2D eigenvalue weighted by molar-refractivity contribution is 0.0701. The molecule has 6 heteroatoms. The number of thiophene rings is 1. The van der Waals surface area contributed by atoms with Gasteiger partial charge in [-0.2, -0.15) is 0 Å². The lowest BCUT2D eigenvalue weighted by Crippen LogP contribution is -2.09. The Bertz CT molecular complexity index is 1250. The maximum atomic E-state index is 12.3. The number of rotatable bonds is 3. The molecule has 5 nitrogen and oxygen atoms in total. The molecule has 0 bridgehead atoms. The molecule has 0 saturated carbocycles. The highest BCUT2D eigenvalue weighted by atomic mass is 32.1. The van der Waals surface area contributed by atoms with Crippen LogP contribution in [0, 0.1) is 6.92 Å². The van der Waals surface area contributed by atoms with Crippen LogP contribution in [-0.4, -0.2) is 21.0 Å². The molecule has 4 rings (SSSR count). The molecule has 0 unspecified atom stereocenters. The van der Waals surface area contributed by atoms with E-state index in [4.69, 9.17) is 0 Å². The van der Waals surface area contributed by atoms with Crippen LogP contribution in [0.2, 0.25) is 0 Å². The average Bonchev–Trinajstić information content (AvgIpc) is 2.97. The van der Waals surface area contributed by atoms with E-state index in [1.807, 2.05) is 36.4 Å². The third-order valence-electron chi connectivity index (χ3n) is 4.22. The number of aromatic nitrogens is 2. The number of carbonyl (C=O) groups is 1. The van der Waals surface area contributed by atoms with Gasteiger partial charge in [0.15, 0.2) is 0 Å². The molecule has 0 saturated heterocycles. The number of benzene rings is 2. The van der Waals surface area contributed by atoms with Crippen molar-refractivity contribution in [3.05, 3.63) is 74.6 Å². The number of fused-ring (bicyclic) bond motifs is 2. The van der Waals surface area contributed by atoms with E-state index < -0.39 is 5.97 Å². The lowest BCUT2D eigenvalue weighted by atomic mass is 10.1. The minimum atomic E-state index is -1.04. The van der Waals surface area contributed by atoms with Gasteiger partial charge >= 0.3 is 5.97 Å². The van der Waals surface area contributed by atoms with Gasteiger partial charge in [-0.1, -0.05) is 42.5 Å². The van der Waals surface area contributed by atoms with Gasteiger partial charge in [-0.3, -0.25) is 4.79 Å². The fraction of sp³-hybridized carbons (Fsp3) is 0.0500. The van der Waals surface area contributed by atoms with E-state index in [0.29, 0.717) is 21.6 Å². The largest absolute Gasteiger partial charge is 0.477 e. The Kier molecular flexibility index (Phi) is 3.89. The third-order valence-corrected chi connectivity index (χ3v) is 5.39. The van der Waals surface area contributed by atoms with Crippen LogP contribution in [0.4, 0.5) is 0 Å². The van der Waals surface area contributed by atoms with Crippen molar-refractivity contribution in [1.29, 1.82) is 0 Å². The van der Waals surface area contributed by atoms with Crippen molar-refractivity contribution in [2.75, 3.05) is 0 Å². The van der Waals surface area contributed by atoms with E-state index in [9.17, 15) is 14.7 Å². The number of hydrogen-bond donors (Lipinski definition) is 2. The fourth-order valence-corrected chi connectivity index (χ4v) is 3.96. The summed E-state index contributed by atoms with van der Waals surface area (Å²) in [6.07, 6.45) is 3.59. The van der Waals surface area contributed by atoms with Gasteiger partial charge < -0.3 is 10.1 Å². The van der Waals surface area contributed by atoms with E-state index >= 15 is 0 Å². The average molecular weight is 362 g/mol. The lowest BCUT2D eigenvalue weighted by Gasteiger charge is -1.99. The Hall–Kier alpha value is -3.25. The first-order valence-electron chi connectivity index (χ1n) is 7.96. The highest BCUT2D eigenvalue weighted by Crippen LogP contribution is 2.27. The van der Waals surface area contributed by atoms with Gasteiger partial charge in [0.05, 0.1) is 5.39 Å². The summed E-state index contributed by atoms with van der Waals surface area (Å²) >= 11 is 1.02. The van der Waals surface area contributed by atoms with E-state index in [2.05, 4.69) is 22.1 Å². The molecule has 0 aliphatic rings. The second-order valence-electron chi connectivity index (χ2n) is 5.93. The van der Waals surface area contributed by atoms with Gasteiger partial charge in [-0.15, -0.1) is 11.3 Å². The predicted octanol–water partition coefficient (Wildman–Crippen LogP) is 4.31. The molecule has 2 N–H and O–H groups in total. The number of H-pyrrole nitrogens is 1. The number of aryl methyl sites for hydroxylation is 1. The van der Waals surface area contributed by atoms with Gasteiger partial charge in [0.1, 0.15) is 15.5 Å². The third kappa shape index (κ3) is 2.80. The molecule has 2 aromatic heterocycles. The Morgan fingerprint density at radius 2 is 1.92 bits per heavy atom. The minimum Gasteiger partial charge on any atom is -0.477 e. The van der Waals surface area contributed by atoms with Gasteiger partial charge in [-0.25, -0.2) is 9.78 Å². The van der Waals surface area contributed by atoms with Crippen molar-refractivity contribution in [1.82, 2.24) is 9.97 Å². The summed E-state index contributed by atoms with van der Waals surface area (Å²) in [5, 5.41) is 11.9. The first-order chi connectivity index (χ1) is 12.5. The zero-order chi connectivity index (χ0) is 18.3. The van der Waals surface area contributed by atoms with Gasteiger partial charge in [0, 0.05) is 0 Å². The summed E-state index contributed by atoms with van der Waals surface area (Å²) < 4.78 is 0. The Morgan fingerprint density at radius 3 is 2.69 bits per heavy atom. The number of carboxylic acids is 1. The van der Waals surface area contributed by atoms with Crippen LogP contribution in [0.5, 0.6) is 0 Å². The molecule has 2 aromatic carbocycles. The van der Waals surface area contributed by atoms with E-state index in [1.54, 1.807) is 13.0 Å². The normalized spacial score (nSPS) is 11.6. The van der Waals surface area contributed by atoms with Crippen molar-refractivity contribution >= 4 is 50.4 Å². The van der Waals surface area contributed by atoms with Gasteiger partial charge in [0.25, 0.3) is 5.56 Å². The first kappa shape index (κ1) is 16.2. The van der Waals surface area contributed by atoms with Crippen molar-refractivity contribution in [2.45, 2.75) is 6.92 Å². The monoisotopic (exact) mass is 362 g/mol. The van der Waals surface area contributed by atoms with Gasteiger partial charge in [-0.05, 0) is 41.0 Å². The molecule has 128 valence electrons.